The van der Waals surface area contributed by atoms with E-state index in [-0.39, 0.29) is 6.61 Å². The number of hydrogen-bond donors (Lipinski definition) is 3. The molecule has 0 aromatic rings. The Morgan fingerprint density at radius 2 is 1.92 bits per heavy atom. The first-order valence-corrected chi connectivity index (χ1v) is 4.39. The van der Waals surface area contributed by atoms with Gasteiger partial charge in [0.25, 0.3) is 0 Å². The molecule has 1 unspecified atom stereocenters. The lowest BCUT2D eigenvalue weighted by Crippen LogP contribution is -2.33. The molecule has 0 saturated carbocycles. The fourth-order valence-electron chi connectivity index (χ4n) is 1.54. The van der Waals surface area contributed by atoms with Crippen LogP contribution in [0.3, 0.4) is 0 Å². The minimum atomic E-state index is -0.685. The van der Waals surface area contributed by atoms with Crippen molar-refractivity contribution in [2.45, 2.75) is 18.3 Å². The van der Waals surface area contributed by atoms with Gasteiger partial charge >= 0.3 is 0 Å². The number of nitrogens with zero attached hydrogens (tertiary/aromatic N) is 1. The number of aliphatic hydroxyl groups excluding tert-OH is 3. The predicted molar refractivity (Wildman–Crippen MR) is 46.3 cm³/mol. The third kappa shape index (κ3) is 3.21. The van der Waals surface area contributed by atoms with Crippen LogP contribution < -0.4 is 0 Å². The minimum absolute atomic E-state index is 0.280. The molecule has 3 N–H and O–H groups in total. The number of ether oxygens (including phenoxy) is 1. The second-order valence-corrected chi connectivity index (χ2v) is 3.46. The monoisotopic (exact) mass is 191 g/mol. The lowest BCUT2D eigenvalue weighted by atomic mass is 10.3. The highest BCUT2D eigenvalue weighted by Crippen LogP contribution is 2.09. The van der Waals surface area contributed by atoms with E-state index < -0.39 is 18.3 Å². The van der Waals surface area contributed by atoms with Crippen molar-refractivity contribution in [3.05, 3.63) is 0 Å². The van der Waals surface area contributed by atoms with E-state index in [4.69, 9.17) is 4.74 Å². The first-order chi connectivity index (χ1) is 6.13. The topological polar surface area (TPSA) is 73.2 Å². The average molecular weight is 191 g/mol. The smallest absolute Gasteiger partial charge is 0.0938 e. The second kappa shape index (κ2) is 4.88. The van der Waals surface area contributed by atoms with Crippen molar-refractivity contribution in [3.8, 4) is 0 Å². The van der Waals surface area contributed by atoms with Crippen molar-refractivity contribution in [2.24, 2.45) is 0 Å². The van der Waals surface area contributed by atoms with Gasteiger partial charge in [0.1, 0.15) is 0 Å². The molecule has 0 spiro atoms. The molecule has 0 aromatic carbocycles. The molecule has 1 saturated heterocycles. The molecule has 0 aliphatic carbocycles. The van der Waals surface area contributed by atoms with Crippen molar-refractivity contribution in [2.75, 3.05) is 33.4 Å². The molecule has 5 nitrogen and oxygen atoms in total. The van der Waals surface area contributed by atoms with Gasteiger partial charge in [-0.1, -0.05) is 0 Å². The molecule has 1 aliphatic rings. The van der Waals surface area contributed by atoms with E-state index in [1.54, 1.807) is 0 Å². The standard InChI is InChI=1S/C8H17NO4/c1-13-5-6(10)2-9-3-7(11)8(12)4-9/h6-8,10-12H,2-5H2,1H3/t6?,7-,8+. The van der Waals surface area contributed by atoms with Gasteiger partial charge in [0.15, 0.2) is 0 Å². The SMILES string of the molecule is COCC(O)CN1C[C@@H](O)[C@@H](O)C1. The maximum absolute atomic E-state index is 9.35. The van der Waals surface area contributed by atoms with Crippen molar-refractivity contribution in [1.29, 1.82) is 0 Å². The van der Waals surface area contributed by atoms with Gasteiger partial charge in [-0.15, -0.1) is 0 Å². The van der Waals surface area contributed by atoms with Crippen molar-refractivity contribution in [1.82, 2.24) is 4.90 Å². The van der Waals surface area contributed by atoms with E-state index in [2.05, 4.69) is 0 Å². The summed E-state index contributed by atoms with van der Waals surface area (Å²) < 4.78 is 4.77. The first-order valence-electron chi connectivity index (χ1n) is 4.39. The van der Waals surface area contributed by atoms with Gasteiger partial charge in [-0.05, 0) is 0 Å². The van der Waals surface area contributed by atoms with Gasteiger partial charge in [-0.25, -0.2) is 0 Å². The third-order valence-corrected chi connectivity index (χ3v) is 2.16. The average Bonchev–Trinajstić information content (AvgIpc) is 2.31. The summed E-state index contributed by atoms with van der Waals surface area (Å²) in [6.45, 7) is 1.55. The van der Waals surface area contributed by atoms with Gasteiger partial charge in [-0.2, -0.15) is 0 Å². The molecule has 13 heavy (non-hydrogen) atoms. The summed E-state index contributed by atoms with van der Waals surface area (Å²) >= 11 is 0. The van der Waals surface area contributed by atoms with Crippen molar-refractivity contribution >= 4 is 0 Å². The fraction of sp³-hybridized carbons (Fsp3) is 1.00. The Bertz CT molecular complexity index is 145. The van der Waals surface area contributed by atoms with E-state index in [0.717, 1.165) is 0 Å². The van der Waals surface area contributed by atoms with Gasteiger partial charge in [0.05, 0.1) is 24.9 Å². The molecule has 78 valence electrons. The Labute approximate surface area is 77.5 Å². The minimum Gasteiger partial charge on any atom is -0.389 e. The Morgan fingerprint density at radius 1 is 1.38 bits per heavy atom. The predicted octanol–water partition coefficient (Wildman–Crippen LogP) is -1.97. The van der Waals surface area contributed by atoms with E-state index >= 15 is 0 Å². The quantitative estimate of drug-likeness (QED) is 0.481. The number of likely N-dealkylation sites (tertiary alicyclic amines) is 1. The van der Waals surface area contributed by atoms with Crippen LogP contribution in [0.4, 0.5) is 0 Å². The van der Waals surface area contributed by atoms with Crippen molar-refractivity contribution < 1.29 is 20.1 Å². The molecule has 5 heteroatoms. The maximum atomic E-state index is 9.35. The molecule has 3 atom stereocenters. The molecule has 1 aliphatic heterocycles. The highest BCUT2D eigenvalue weighted by molar-refractivity contribution is 4.84. The number of methoxy groups -OCH3 is 1. The van der Waals surface area contributed by atoms with Crippen LogP contribution in [0.1, 0.15) is 0 Å². The van der Waals surface area contributed by atoms with E-state index in [9.17, 15) is 15.3 Å². The zero-order valence-electron chi connectivity index (χ0n) is 7.76. The van der Waals surface area contributed by atoms with Crippen LogP contribution in [0.25, 0.3) is 0 Å². The normalized spacial score (nSPS) is 32.3. The van der Waals surface area contributed by atoms with Crippen LogP contribution in [0.5, 0.6) is 0 Å². The first kappa shape index (κ1) is 10.9. The Hall–Kier alpha value is -0.200. The van der Waals surface area contributed by atoms with Gasteiger partial charge in [-0.3, -0.25) is 4.90 Å². The summed E-state index contributed by atoms with van der Waals surface area (Å²) in [5.41, 5.74) is 0. The zero-order valence-corrected chi connectivity index (χ0v) is 7.76. The summed E-state index contributed by atoms with van der Waals surface area (Å²) in [5, 5.41) is 27.8. The number of rotatable bonds is 4. The zero-order chi connectivity index (χ0) is 9.84. The lowest BCUT2D eigenvalue weighted by molar-refractivity contribution is 0.0399. The molecule has 1 heterocycles. The Kier molecular flexibility index (Phi) is 4.08. The molecule has 0 aromatic heterocycles. The molecule has 0 radical (unpaired) electrons. The van der Waals surface area contributed by atoms with Crippen molar-refractivity contribution in [3.63, 3.8) is 0 Å². The Balaban J connectivity index is 2.23. The molecule has 1 fully saturated rings. The molecular weight excluding hydrogens is 174 g/mol. The van der Waals surface area contributed by atoms with E-state index in [1.165, 1.54) is 7.11 Å². The van der Waals surface area contributed by atoms with Crippen LogP contribution >= 0.6 is 0 Å². The molecular formula is C8H17NO4. The van der Waals surface area contributed by atoms with Crippen LogP contribution in [-0.2, 0) is 4.74 Å². The summed E-state index contributed by atoms with van der Waals surface area (Å²) in [6.07, 6.45) is -1.92. The number of β-amino-alcohol motifs (C(OH)–C–C–N with tert-alkyl or cyclic N) is 3. The van der Waals surface area contributed by atoms with Crippen LogP contribution in [0.15, 0.2) is 0 Å². The number of aliphatic hydroxyl groups is 3. The third-order valence-electron chi connectivity index (χ3n) is 2.16. The summed E-state index contributed by atoms with van der Waals surface area (Å²) in [6, 6.07) is 0. The largest absolute Gasteiger partial charge is 0.389 e. The van der Waals surface area contributed by atoms with Crippen LogP contribution in [-0.4, -0.2) is 71.9 Å². The van der Waals surface area contributed by atoms with Gasteiger partial charge in [0.2, 0.25) is 0 Å². The summed E-state index contributed by atoms with van der Waals surface area (Å²) in [4.78, 5) is 1.82. The maximum Gasteiger partial charge on any atom is 0.0938 e. The highest BCUT2D eigenvalue weighted by Gasteiger charge is 2.30. The van der Waals surface area contributed by atoms with Crippen LogP contribution in [0.2, 0.25) is 0 Å². The summed E-state index contributed by atoms with van der Waals surface area (Å²) in [5.74, 6) is 0. The molecule has 1 rings (SSSR count). The second-order valence-electron chi connectivity index (χ2n) is 3.46. The number of hydrogen-bond acceptors (Lipinski definition) is 5. The molecule has 0 bridgehead atoms. The Morgan fingerprint density at radius 3 is 2.38 bits per heavy atom. The lowest BCUT2D eigenvalue weighted by Gasteiger charge is -2.18. The van der Waals surface area contributed by atoms with Gasteiger partial charge < -0.3 is 20.1 Å². The van der Waals surface area contributed by atoms with E-state index in [1.807, 2.05) is 4.90 Å². The van der Waals surface area contributed by atoms with E-state index in [0.29, 0.717) is 19.6 Å². The molecule has 0 amide bonds. The highest BCUT2D eigenvalue weighted by atomic mass is 16.5. The summed E-state index contributed by atoms with van der Waals surface area (Å²) in [7, 11) is 1.52. The fourth-order valence-corrected chi connectivity index (χ4v) is 1.54. The van der Waals surface area contributed by atoms with Gasteiger partial charge in [0, 0.05) is 26.7 Å². The van der Waals surface area contributed by atoms with Crippen LogP contribution in [0, 0.1) is 0 Å².